The molecule has 0 spiro atoms. The molecule has 0 atom stereocenters. The average molecular weight is 234 g/mol. The molecule has 0 amide bonds. The van der Waals surface area contributed by atoms with Crippen LogP contribution in [0, 0.1) is 6.92 Å². The second-order valence-corrected chi connectivity index (χ2v) is 4.04. The van der Waals surface area contributed by atoms with Gasteiger partial charge in [-0.1, -0.05) is 4.49 Å². The van der Waals surface area contributed by atoms with Crippen molar-refractivity contribution in [3.63, 3.8) is 0 Å². The van der Waals surface area contributed by atoms with Gasteiger partial charge in [0.15, 0.2) is 6.29 Å². The third kappa shape index (κ3) is 1.81. The third-order valence-electron chi connectivity index (χ3n) is 2.28. The van der Waals surface area contributed by atoms with Gasteiger partial charge in [-0.2, -0.15) is 0 Å². The first-order valence-corrected chi connectivity index (χ1v) is 5.46. The van der Waals surface area contributed by atoms with Crippen LogP contribution in [0.2, 0.25) is 0 Å². The van der Waals surface area contributed by atoms with E-state index in [-0.39, 0.29) is 0 Å². The Morgan fingerprint density at radius 3 is 2.88 bits per heavy atom. The lowest BCUT2D eigenvalue weighted by Gasteiger charge is -2.05. The number of aromatic nitrogens is 2. The summed E-state index contributed by atoms with van der Waals surface area (Å²) >= 11 is 1.22. The van der Waals surface area contributed by atoms with Crippen molar-refractivity contribution in [3.8, 4) is 16.2 Å². The van der Waals surface area contributed by atoms with Crippen LogP contribution in [0.4, 0.5) is 0 Å². The fourth-order valence-electron chi connectivity index (χ4n) is 1.49. The molecule has 0 saturated carbocycles. The lowest BCUT2D eigenvalue weighted by molar-refractivity contribution is 0.111. The Labute approximate surface area is 97.0 Å². The normalized spacial score (nSPS) is 10.1. The summed E-state index contributed by atoms with van der Waals surface area (Å²) in [6, 6.07) is 5.73. The molecule has 0 fully saturated rings. The van der Waals surface area contributed by atoms with Crippen LogP contribution in [-0.2, 0) is 0 Å². The highest BCUT2D eigenvalue weighted by Gasteiger charge is 2.10. The molecule has 5 heteroatoms. The SMILES string of the molecule is COc1ccc(-c2snnc2C=O)cc1C. The topological polar surface area (TPSA) is 52.1 Å². The largest absolute Gasteiger partial charge is 0.496 e. The summed E-state index contributed by atoms with van der Waals surface area (Å²) in [5.74, 6) is 0.828. The van der Waals surface area contributed by atoms with E-state index in [1.807, 2.05) is 25.1 Å². The number of hydrogen-bond acceptors (Lipinski definition) is 5. The van der Waals surface area contributed by atoms with Crippen LogP contribution in [0.25, 0.3) is 10.4 Å². The highest BCUT2D eigenvalue weighted by molar-refractivity contribution is 7.09. The molecule has 82 valence electrons. The Morgan fingerprint density at radius 1 is 1.44 bits per heavy atom. The average Bonchev–Trinajstić information content (AvgIpc) is 2.77. The van der Waals surface area contributed by atoms with Gasteiger partial charge in [-0.05, 0) is 47.8 Å². The number of hydrogen-bond donors (Lipinski definition) is 0. The van der Waals surface area contributed by atoms with Crippen LogP contribution in [0.1, 0.15) is 16.1 Å². The summed E-state index contributed by atoms with van der Waals surface area (Å²) in [5, 5.41) is 3.75. The van der Waals surface area contributed by atoms with Crippen LogP contribution in [0.5, 0.6) is 5.75 Å². The minimum absolute atomic E-state index is 0.384. The fourth-order valence-corrected chi connectivity index (χ4v) is 2.12. The molecule has 1 aromatic carbocycles. The number of rotatable bonds is 3. The van der Waals surface area contributed by atoms with Gasteiger partial charge in [0.05, 0.1) is 12.0 Å². The van der Waals surface area contributed by atoms with E-state index in [0.29, 0.717) is 5.69 Å². The van der Waals surface area contributed by atoms with E-state index in [1.165, 1.54) is 11.5 Å². The van der Waals surface area contributed by atoms with Crippen molar-refractivity contribution in [2.45, 2.75) is 6.92 Å². The Hall–Kier alpha value is -1.75. The number of nitrogens with zero attached hydrogens (tertiary/aromatic N) is 2. The zero-order valence-electron chi connectivity index (χ0n) is 8.93. The van der Waals surface area contributed by atoms with Crippen LogP contribution in [-0.4, -0.2) is 23.0 Å². The lowest BCUT2D eigenvalue weighted by Crippen LogP contribution is -1.88. The standard InChI is InChI=1S/C11H10N2O2S/c1-7-5-8(3-4-10(7)15-2)11-9(6-14)12-13-16-11/h3-6H,1-2H3. The summed E-state index contributed by atoms with van der Waals surface area (Å²) in [5.41, 5.74) is 2.34. The highest BCUT2D eigenvalue weighted by Crippen LogP contribution is 2.29. The number of carbonyl (C=O) groups is 1. The van der Waals surface area contributed by atoms with Crippen molar-refractivity contribution in [2.75, 3.05) is 7.11 Å². The van der Waals surface area contributed by atoms with Gasteiger partial charge in [0.2, 0.25) is 0 Å². The van der Waals surface area contributed by atoms with Gasteiger partial charge in [-0.15, -0.1) is 5.10 Å². The van der Waals surface area contributed by atoms with Crippen LogP contribution < -0.4 is 4.74 Å². The minimum atomic E-state index is 0.384. The smallest absolute Gasteiger partial charge is 0.171 e. The zero-order valence-corrected chi connectivity index (χ0v) is 9.75. The van der Waals surface area contributed by atoms with Crippen LogP contribution >= 0.6 is 11.5 Å². The molecule has 1 aromatic heterocycles. The molecule has 0 unspecified atom stereocenters. The van der Waals surface area contributed by atoms with Crippen molar-refractivity contribution in [3.05, 3.63) is 29.5 Å². The first kappa shape index (κ1) is 10.8. The van der Waals surface area contributed by atoms with Crippen LogP contribution in [0.15, 0.2) is 18.2 Å². The molecule has 4 nitrogen and oxygen atoms in total. The highest BCUT2D eigenvalue weighted by atomic mass is 32.1. The first-order chi connectivity index (χ1) is 7.76. The molecule has 16 heavy (non-hydrogen) atoms. The van der Waals surface area contributed by atoms with E-state index in [1.54, 1.807) is 7.11 Å². The predicted octanol–water partition coefficient (Wildman–Crippen LogP) is 2.33. The molecule has 2 rings (SSSR count). The molecule has 0 radical (unpaired) electrons. The number of ether oxygens (including phenoxy) is 1. The first-order valence-electron chi connectivity index (χ1n) is 4.69. The lowest BCUT2D eigenvalue weighted by atomic mass is 10.1. The Morgan fingerprint density at radius 2 is 2.25 bits per heavy atom. The van der Waals surface area contributed by atoms with Gasteiger partial charge >= 0.3 is 0 Å². The zero-order chi connectivity index (χ0) is 11.5. The monoisotopic (exact) mass is 234 g/mol. The second-order valence-electron chi connectivity index (χ2n) is 3.29. The second kappa shape index (κ2) is 4.40. The number of aldehydes is 1. The number of methoxy groups -OCH3 is 1. The summed E-state index contributed by atoms with van der Waals surface area (Å²) in [6.07, 6.45) is 0.721. The Kier molecular flexibility index (Phi) is 2.96. The molecular weight excluding hydrogens is 224 g/mol. The van der Waals surface area contributed by atoms with E-state index >= 15 is 0 Å². The summed E-state index contributed by atoms with van der Waals surface area (Å²) in [7, 11) is 1.63. The number of benzene rings is 1. The van der Waals surface area contributed by atoms with E-state index in [2.05, 4.69) is 9.59 Å². The maximum absolute atomic E-state index is 10.7. The molecular formula is C11H10N2O2S. The van der Waals surface area contributed by atoms with E-state index in [0.717, 1.165) is 28.0 Å². The van der Waals surface area contributed by atoms with Crippen LogP contribution in [0.3, 0.4) is 0 Å². The molecule has 2 aromatic rings. The van der Waals surface area contributed by atoms with Crippen molar-refractivity contribution in [1.82, 2.24) is 9.59 Å². The molecule has 1 heterocycles. The quantitative estimate of drug-likeness (QED) is 0.765. The van der Waals surface area contributed by atoms with Gasteiger partial charge in [0.25, 0.3) is 0 Å². The molecule has 0 aliphatic heterocycles. The van der Waals surface area contributed by atoms with E-state index < -0.39 is 0 Å². The number of aryl methyl sites for hydroxylation is 1. The van der Waals surface area contributed by atoms with Crippen molar-refractivity contribution >= 4 is 17.8 Å². The van der Waals surface area contributed by atoms with Gasteiger partial charge in [0.1, 0.15) is 11.4 Å². The Bertz CT molecular complexity index is 522. The summed E-state index contributed by atoms with van der Waals surface area (Å²) < 4.78 is 8.95. The van der Waals surface area contributed by atoms with Gasteiger partial charge in [0, 0.05) is 0 Å². The number of carbonyl (C=O) groups excluding carboxylic acids is 1. The van der Waals surface area contributed by atoms with Gasteiger partial charge in [-0.3, -0.25) is 4.79 Å². The maximum atomic E-state index is 10.7. The maximum Gasteiger partial charge on any atom is 0.171 e. The van der Waals surface area contributed by atoms with Gasteiger partial charge in [-0.25, -0.2) is 0 Å². The minimum Gasteiger partial charge on any atom is -0.496 e. The molecule has 0 aliphatic carbocycles. The van der Waals surface area contributed by atoms with Crippen molar-refractivity contribution in [2.24, 2.45) is 0 Å². The van der Waals surface area contributed by atoms with E-state index in [4.69, 9.17) is 4.74 Å². The Balaban J connectivity index is 2.49. The fraction of sp³-hybridized carbons (Fsp3) is 0.182. The predicted molar refractivity (Wildman–Crippen MR) is 62.0 cm³/mol. The van der Waals surface area contributed by atoms with Crippen molar-refractivity contribution < 1.29 is 9.53 Å². The summed E-state index contributed by atoms with van der Waals surface area (Å²) in [6.45, 7) is 1.96. The third-order valence-corrected chi connectivity index (χ3v) is 3.07. The molecule has 0 aliphatic rings. The molecule has 0 saturated heterocycles. The molecule has 0 N–H and O–H groups in total. The van der Waals surface area contributed by atoms with Crippen molar-refractivity contribution in [1.29, 1.82) is 0 Å². The van der Waals surface area contributed by atoms with Gasteiger partial charge < -0.3 is 4.74 Å². The molecule has 0 bridgehead atoms. The summed E-state index contributed by atoms with van der Waals surface area (Å²) in [4.78, 5) is 11.5. The van der Waals surface area contributed by atoms with E-state index in [9.17, 15) is 4.79 Å².